The summed E-state index contributed by atoms with van der Waals surface area (Å²) in [5.41, 5.74) is 5.03. The van der Waals surface area contributed by atoms with Gasteiger partial charge in [0.1, 0.15) is 5.75 Å². The molecule has 0 atom stereocenters. The number of fused-ring (bicyclic) bond motifs is 1. The number of halogens is 1. The summed E-state index contributed by atoms with van der Waals surface area (Å²) in [6, 6.07) is 19.1. The van der Waals surface area contributed by atoms with Crippen LogP contribution in [0.15, 0.2) is 73.1 Å². The van der Waals surface area contributed by atoms with Crippen LogP contribution in [0, 0.1) is 6.92 Å². The Bertz CT molecular complexity index is 1640. The van der Waals surface area contributed by atoms with Crippen LogP contribution >= 0.6 is 11.6 Å². The third-order valence-electron chi connectivity index (χ3n) is 7.69. The van der Waals surface area contributed by atoms with Crippen molar-refractivity contribution in [1.29, 1.82) is 0 Å². The van der Waals surface area contributed by atoms with Crippen molar-refractivity contribution in [3.63, 3.8) is 0 Å². The molecular formula is C35H40ClN5O4. The Labute approximate surface area is 269 Å². The number of carbonyl (C=O) groups is 2. The van der Waals surface area contributed by atoms with Crippen molar-refractivity contribution in [1.82, 2.24) is 20.0 Å². The highest BCUT2D eigenvalue weighted by molar-refractivity contribution is 6.31. The number of likely N-dealkylation sites (N-methyl/N-ethyl adjacent to an activating group) is 1. The summed E-state index contributed by atoms with van der Waals surface area (Å²) in [6.45, 7) is 5.32. The molecule has 0 fully saturated rings. The summed E-state index contributed by atoms with van der Waals surface area (Å²) in [6.07, 6.45) is 5.45. The second kappa shape index (κ2) is 15.1. The van der Waals surface area contributed by atoms with E-state index in [9.17, 15) is 9.59 Å². The molecule has 1 aliphatic heterocycles. The van der Waals surface area contributed by atoms with E-state index in [2.05, 4.69) is 10.4 Å². The first-order chi connectivity index (χ1) is 21.8. The smallest absolute Gasteiger partial charge is 0.251 e. The molecule has 0 saturated heterocycles. The van der Waals surface area contributed by atoms with Crippen molar-refractivity contribution in [3.8, 4) is 22.6 Å². The fourth-order valence-corrected chi connectivity index (χ4v) is 5.43. The number of aromatic nitrogens is 2. The zero-order chi connectivity index (χ0) is 31.8. The molecule has 0 spiro atoms. The quantitative estimate of drug-likeness (QED) is 0.199. The van der Waals surface area contributed by atoms with Crippen LogP contribution < -0.4 is 19.7 Å². The lowest BCUT2D eigenvalue weighted by molar-refractivity contribution is -0.118. The lowest BCUT2D eigenvalue weighted by Crippen LogP contribution is -2.31. The monoisotopic (exact) mass is 629 g/mol. The highest BCUT2D eigenvalue weighted by atomic mass is 35.5. The van der Waals surface area contributed by atoms with Crippen LogP contribution in [-0.2, 0) is 11.3 Å². The predicted molar refractivity (Wildman–Crippen MR) is 177 cm³/mol. The average molecular weight is 630 g/mol. The molecule has 5 rings (SSSR count). The van der Waals surface area contributed by atoms with Gasteiger partial charge in [0.25, 0.3) is 5.91 Å². The number of benzene rings is 3. The molecule has 236 valence electrons. The van der Waals surface area contributed by atoms with Gasteiger partial charge in [0.15, 0.2) is 5.75 Å². The summed E-state index contributed by atoms with van der Waals surface area (Å²) < 4.78 is 14.0. The van der Waals surface area contributed by atoms with Crippen molar-refractivity contribution < 1.29 is 19.1 Å². The number of nitrogens with zero attached hydrogens (tertiary/aromatic N) is 4. The first kappa shape index (κ1) is 32.1. The van der Waals surface area contributed by atoms with E-state index in [1.165, 1.54) is 0 Å². The average Bonchev–Trinajstić information content (AvgIpc) is 3.37. The number of amides is 2. The minimum atomic E-state index is -0.0909. The van der Waals surface area contributed by atoms with Gasteiger partial charge in [0.2, 0.25) is 5.91 Å². The molecule has 1 N–H and O–H groups in total. The molecule has 0 unspecified atom stereocenters. The third-order valence-corrected chi connectivity index (χ3v) is 8.10. The number of hydrogen-bond acceptors (Lipinski definition) is 6. The highest BCUT2D eigenvalue weighted by Gasteiger charge is 2.25. The van der Waals surface area contributed by atoms with Gasteiger partial charge in [-0.15, -0.1) is 0 Å². The molecule has 2 heterocycles. The fourth-order valence-electron chi connectivity index (χ4n) is 5.26. The van der Waals surface area contributed by atoms with Gasteiger partial charge in [-0.05, 0) is 69.8 Å². The molecular weight excluding hydrogens is 590 g/mol. The van der Waals surface area contributed by atoms with Gasteiger partial charge in [0, 0.05) is 59.5 Å². The number of anilines is 1. The van der Waals surface area contributed by atoms with E-state index >= 15 is 0 Å². The second-order valence-corrected chi connectivity index (χ2v) is 11.8. The SMILES string of the molecule is Cc1c(Cl)cccc1OCCCC(=O)N1CCCOc2c(-c3cnn(Cc4cccc(C(=O)NCCN(C)C)c4)c3)cccc21. The van der Waals surface area contributed by atoms with Gasteiger partial charge < -0.3 is 24.6 Å². The van der Waals surface area contributed by atoms with E-state index in [1.807, 2.05) is 109 Å². The second-order valence-electron chi connectivity index (χ2n) is 11.4. The maximum absolute atomic E-state index is 13.4. The predicted octanol–water partition coefficient (Wildman–Crippen LogP) is 5.83. The Morgan fingerprint density at radius 2 is 1.93 bits per heavy atom. The maximum atomic E-state index is 13.4. The summed E-state index contributed by atoms with van der Waals surface area (Å²) in [5, 5.41) is 8.22. The van der Waals surface area contributed by atoms with Crippen molar-refractivity contribution in [2.75, 3.05) is 51.8 Å². The molecule has 1 aromatic heterocycles. The van der Waals surface area contributed by atoms with Crippen molar-refractivity contribution >= 4 is 29.1 Å². The van der Waals surface area contributed by atoms with Crippen molar-refractivity contribution in [2.45, 2.75) is 32.7 Å². The minimum absolute atomic E-state index is 0.0339. The van der Waals surface area contributed by atoms with Crippen LogP contribution in [0.5, 0.6) is 11.5 Å². The minimum Gasteiger partial charge on any atom is -0.493 e. The van der Waals surface area contributed by atoms with Crippen LogP contribution in [0.4, 0.5) is 5.69 Å². The summed E-state index contributed by atoms with van der Waals surface area (Å²) >= 11 is 6.20. The summed E-state index contributed by atoms with van der Waals surface area (Å²) in [5.74, 6) is 1.37. The molecule has 45 heavy (non-hydrogen) atoms. The van der Waals surface area contributed by atoms with Gasteiger partial charge in [0.05, 0.1) is 31.6 Å². The van der Waals surface area contributed by atoms with Crippen LogP contribution in [0.1, 0.15) is 40.7 Å². The largest absolute Gasteiger partial charge is 0.493 e. The molecule has 1 aliphatic rings. The van der Waals surface area contributed by atoms with E-state index in [0.717, 1.165) is 46.7 Å². The summed E-state index contributed by atoms with van der Waals surface area (Å²) in [7, 11) is 3.95. The number of carbonyl (C=O) groups excluding carboxylic acids is 2. The molecule has 9 nitrogen and oxygen atoms in total. The van der Waals surface area contributed by atoms with E-state index < -0.39 is 0 Å². The molecule has 0 bridgehead atoms. The Morgan fingerprint density at radius 1 is 1.11 bits per heavy atom. The molecule has 2 amide bonds. The third kappa shape index (κ3) is 8.23. The van der Waals surface area contributed by atoms with Gasteiger partial charge in [-0.25, -0.2) is 0 Å². The highest BCUT2D eigenvalue weighted by Crippen LogP contribution is 2.40. The van der Waals surface area contributed by atoms with Crippen LogP contribution in [0.3, 0.4) is 0 Å². The lowest BCUT2D eigenvalue weighted by atomic mass is 10.1. The van der Waals surface area contributed by atoms with E-state index in [4.69, 9.17) is 21.1 Å². The zero-order valence-corrected chi connectivity index (χ0v) is 26.8. The summed E-state index contributed by atoms with van der Waals surface area (Å²) in [4.78, 5) is 29.9. The first-order valence-corrected chi connectivity index (χ1v) is 15.7. The Kier molecular flexibility index (Phi) is 10.8. The Morgan fingerprint density at radius 3 is 2.78 bits per heavy atom. The van der Waals surface area contributed by atoms with E-state index in [-0.39, 0.29) is 11.8 Å². The number of para-hydroxylation sites is 1. The maximum Gasteiger partial charge on any atom is 0.251 e. The molecule has 0 saturated carbocycles. The van der Waals surface area contributed by atoms with Gasteiger partial charge in [-0.1, -0.05) is 41.9 Å². The van der Waals surface area contributed by atoms with Gasteiger partial charge in [-0.3, -0.25) is 14.3 Å². The normalized spacial score (nSPS) is 12.8. The van der Waals surface area contributed by atoms with Crippen LogP contribution in [0.2, 0.25) is 5.02 Å². The zero-order valence-electron chi connectivity index (χ0n) is 26.1. The van der Waals surface area contributed by atoms with Crippen LogP contribution in [-0.4, -0.2) is 73.4 Å². The number of ether oxygens (including phenoxy) is 2. The van der Waals surface area contributed by atoms with Crippen molar-refractivity contribution in [2.24, 2.45) is 0 Å². The van der Waals surface area contributed by atoms with E-state index in [0.29, 0.717) is 62.0 Å². The van der Waals surface area contributed by atoms with Gasteiger partial charge in [-0.2, -0.15) is 5.10 Å². The number of nitrogens with one attached hydrogen (secondary N) is 1. The van der Waals surface area contributed by atoms with Crippen molar-refractivity contribution in [3.05, 3.63) is 94.8 Å². The number of hydrogen-bond donors (Lipinski definition) is 1. The topological polar surface area (TPSA) is 88.9 Å². The molecule has 3 aromatic carbocycles. The number of rotatable bonds is 12. The van der Waals surface area contributed by atoms with Crippen LogP contribution in [0.25, 0.3) is 11.1 Å². The molecule has 4 aromatic rings. The Hall–Kier alpha value is -4.34. The first-order valence-electron chi connectivity index (χ1n) is 15.3. The molecule has 0 radical (unpaired) electrons. The van der Waals surface area contributed by atoms with Gasteiger partial charge >= 0.3 is 0 Å². The van der Waals surface area contributed by atoms with E-state index in [1.54, 1.807) is 0 Å². The molecule has 0 aliphatic carbocycles. The molecule has 10 heteroatoms. The fraction of sp³-hybridized carbons (Fsp3) is 0.343. The lowest BCUT2D eigenvalue weighted by Gasteiger charge is -2.23. The standard InChI is InChI=1S/C35H40ClN5O4/c1-25-30(36)12-6-14-32(25)44-19-7-15-33(42)41-17-8-20-45-34-29(11-5-13-31(34)41)28-22-38-40(24-28)23-26-9-4-10-27(21-26)35(43)37-16-18-39(2)3/h4-6,9-14,21-22,24H,7-8,15-20,23H2,1-3H3,(H,37,43). The Balaban J connectivity index is 1.24.